The average Bonchev–Trinajstić information content (AvgIpc) is 2.25. The molecule has 0 aliphatic heterocycles. The number of hydrogen-bond donors (Lipinski definition) is 1. The maximum Gasteiger partial charge on any atom is 0.146 e. The van der Waals surface area contributed by atoms with Crippen molar-refractivity contribution >= 4 is 17.3 Å². The standard InChI is InChI=1S/C13H11ClFN/c1-8-6-12(15)13(16)7-10(8)9-4-2-3-5-11(9)14/h2-7H,16H2,1H3. The summed E-state index contributed by atoms with van der Waals surface area (Å²) in [5.74, 6) is -0.395. The molecule has 1 nitrogen and oxygen atoms in total. The highest BCUT2D eigenvalue weighted by Gasteiger charge is 2.09. The number of aryl methyl sites for hydroxylation is 1. The van der Waals surface area contributed by atoms with E-state index in [9.17, 15) is 4.39 Å². The molecule has 0 saturated carbocycles. The number of hydrogen-bond acceptors (Lipinski definition) is 1. The van der Waals surface area contributed by atoms with Crippen LogP contribution in [0, 0.1) is 12.7 Å². The van der Waals surface area contributed by atoms with Crippen LogP contribution in [0.2, 0.25) is 5.02 Å². The van der Waals surface area contributed by atoms with E-state index in [2.05, 4.69) is 0 Å². The first-order valence-corrected chi connectivity index (χ1v) is 5.28. The molecule has 16 heavy (non-hydrogen) atoms. The predicted octanol–water partition coefficient (Wildman–Crippen LogP) is 4.04. The lowest BCUT2D eigenvalue weighted by Gasteiger charge is -2.09. The zero-order valence-electron chi connectivity index (χ0n) is 8.80. The molecule has 0 amide bonds. The SMILES string of the molecule is Cc1cc(F)c(N)cc1-c1ccccc1Cl. The summed E-state index contributed by atoms with van der Waals surface area (Å²) in [6, 6.07) is 10.5. The van der Waals surface area contributed by atoms with Crippen molar-refractivity contribution in [2.75, 3.05) is 5.73 Å². The van der Waals surface area contributed by atoms with Crippen LogP contribution in [0.15, 0.2) is 36.4 Å². The van der Waals surface area contributed by atoms with Crippen LogP contribution in [0.25, 0.3) is 11.1 Å². The second-order valence-corrected chi connectivity index (χ2v) is 4.08. The largest absolute Gasteiger partial charge is 0.396 e. The van der Waals surface area contributed by atoms with Gasteiger partial charge in [0.15, 0.2) is 0 Å². The second-order valence-electron chi connectivity index (χ2n) is 3.67. The van der Waals surface area contributed by atoms with Crippen molar-refractivity contribution in [3.63, 3.8) is 0 Å². The first-order chi connectivity index (χ1) is 7.59. The Morgan fingerprint density at radius 3 is 2.50 bits per heavy atom. The number of nitrogen functional groups attached to an aromatic ring is 1. The normalized spacial score (nSPS) is 10.4. The summed E-state index contributed by atoms with van der Waals surface area (Å²) in [4.78, 5) is 0. The summed E-state index contributed by atoms with van der Waals surface area (Å²) >= 11 is 6.09. The maximum absolute atomic E-state index is 13.2. The molecule has 0 atom stereocenters. The lowest BCUT2D eigenvalue weighted by atomic mass is 9.99. The quantitative estimate of drug-likeness (QED) is 0.742. The molecule has 2 aromatic carbocycles. The highest BCUT2D eigenvalue weighted by Crippen LogP contribution is 2.32. The lowest BCUT2D eigenvalue weighted by Crippen LogP contribution is -1.94. The minimum Gasteiger partial charge on any atom is -0.396 e. The topological polar surface area (TPSA) is 26.0 Å². The fourth-order valence-corrected chi connectivity index (χ4v) is 1.90. The second kappa shape index (κ2) is 4.14. The molecule has 2 rings (SSSR count). The third-order valence-corrected chi connectivity index (χ3v) is 2.84. The first kappa shape index (κ1) is 11.0. The van der Waals surface area contributed by atoms with Crippen LogP contribution >= 0.6 is 11.6 Å². The lowest BCUT2D eigenvalue weighted by molar-refractivity contribution is 0.631. The summed E-state index contributed by atoms with van der Waals surface area (Å²) in [6.07, 6.45) is 0. The molecule has 0 aliphatic carbocycles. The van der Waals surface area contributed by atoms with Crippen molar-refractivity contribution in [2.24, 2.45) is 0 Å². The van der Waals surface area contributed by atoms with Crippen molar-refractivity contribution in [3.05, 3.63) is 52.8 Å². The Bertz CT molecular complexity index is 537. The van der Waals surface area contributed by atoms with Crippen molar-refractivity contribution in [1.82, 2.24) is 0 Å². The van der Waals surface area contributed by atoms with Crippen molar-refractivity contribution < 1.29 is 4.39 Å². The van der Waals surface area contributed by atoms with Crippen LogP contribution in [-0.2, 0) is 0 Å². The van der Waals surface area contributed by atoms with Gasteiger partial charge in [-0.25, -0.2) is 4.39 Å². The summed E-state index contributed by atoms with van der Waals surface area (Å²) in [5.41, 5.74) is 8.25. The smallest absolute Gasteiger partial charge is 0.146 e. The van der Waals surface area contributed by atoms with E-state index in [1.807, 2.05) is 25.1 Å². The number of anilines is 1. The molecule has 0 spiro atoms. The average molecular weight is 236 g/mol. The van der Waals surface area contributed by atoms with Gasteiger partial charge < -0.3 is 5.73 Å². The van der Waals surface area contributed by atoms with Crippen LogP contribution in [0.4, 0.5) is 10.1 Å². The van der Waals surface area contributed by atoms with E-state index in [1.54, 1.807) is 12.1 Å². The molecule has 0 bridgehead atoms. The van der Waals surface area contributed by atoms with Gasteiger partial charge in [0.2, 0.25) is 0 Å². The molecular formula is C13H11ClFN. The number of halogens is 2. The Morgan fingerprint density at radius 2 is 1.81 bits per heavy atom. The molecule has 0 radical (unpaired) electrons. The summed E-state index contributed by atoms with van der Waals surface area (Å²) in [7, 11) is 0. The monoisotopic (exact) mass is 235 g/mol. The summed E-state index contributed by atoms with van der Waals surface area (Å²) in [6.45, 7) is 1.83. The molecule has 0 saturated heterocycles. The Kier molecular flexibility index (Phi) is 2.84. The van der Waals surface area contributed by atoms with Crippen LogP contribution < -0.4 is 5.73 Å². The first-order valence-electron chi connectivity index (χ1n) is 4.90. The van der Waals surface area contributed by atoms with Gasteiger partial charge >= 0.3 is 0 Å². The fourth-order valence-electron chi connectivity index (χ4n) is 1.66. The van der Waals surface area contributed by atoms with Gasteiger partial charge in [-0.05, 0) is 36.2 Å². The van der Waals surface area contributed by atoms with Gasteiger partial charge in [0, 0.05) is 10.6 Å². The van der Waals surface area contributed by atoms with Gasteiger partial charge in [0.25, 0.3) is 0 Å². The number of rotatable bonds is 1. The van der Waals surface area contributed by atoms with E-state index >= 15 is 0 Å². The van der Waals surface area contributed by atoms with Gasteiger partial charge in [0.05, 0.1) is 5.69 Å². The van der Waals surface area contributed by atoms with E-state index in [1.165, 1.54) is 6.07 Å². The molecular weight excluding hydrogens is 225 g/mol. The molecule has 0 fully saturated rings. The molecule has 2 N–H and O–H groups in total. The van der Waals surface area contributed by atoms with E-state index in [0.29, 0.717) is 5.02 Å². The minimum absolute atomic E-state index is 0.139. The van der Waals surface area contributed by atoms with Gasteiger partial charge in [-0.3, -0.25) is 0 Å². The van der Waals surface area contributed by atoms with Crippen LogP contribution in [0.1, 0.15) is 5.56 Å². The zero-order valence-corrected chi connectivity index (χ0v) is 9.55. The van der Waals surface area contributed by atoms with Gasteiger partial charge in [0.1, 0.15) is 5.82 Å². The highest BCUT2D eigenvalue weighted by atomic mass is 35.5. The third kappa shape index (κ3) is 1.89. The molecule has 0 heterocycles. The highest BCUT2D eigenvalue weighted by molar-refractivity contribution is 6.33. The molecule has 0 unspecified atom stereocenters. The Labute approximate surface area is 98.7 Å². The van der Waals surface area contributed by atoms with Gasteiger partial charge in [-0.2, -0.15) is 0 Å². The van der Waals surface area contributed by atoms with Gasteiger partial charge in [-0.15, -0.1) is 0 Å². The molecule has 0 aromatic heterocycles. The Morgan fingerprint density at radius 1 is 1.12 bits per heavy atom. The van der Waals surface area contributed by atoms with Crippen LogP contribution in [0.5, 0.6) is 0 Å². The van der Waals surface area contributed by atoms with E-state index in [4.69, 9.17) is 17.3 Å². The minimum atomic E-state index is -0.395. The predicted molar refractivity (Wildman–Crippen MR) is 66.0 cm³/mol. The van der Waals surface area contributed by atoms with Crippen molar-refractivity contribution in [1.29, 1.82) is 0 Å². The molecule has 2 aromatic rings. The van der Waals surface area contributed by atoms with Crippen LogP contribution in [0.3, 0.4) is 0 Å². The summed E-state index contributed by atoms with van der Waals surface area (Å²) in [5, 5.41) is 0.636. The van der Waals surface area contributed by atoms with Gasteiger partial charge in [-0.1, -0.05) is 29.8 Å². The van der Waals surface area contributed by atoms with E-state index < -0.39 is 5.82 Å². The molecule has 0 aliphatic rings. The molecule has 82 valence electrons. The van der Waals surface area contributed by atoms with E-state index in [-0.39, 0.29) is 5.69 Å². The molecule has 3 heteroatoms. The zero-order chi connectivity index (χ0) is 11.7. The van der Waals surface area contributed by atoms with Crippen molar-refractivity contribution in [2.45, 2.75) is 6.92 Å². The Balaban J connectivity index is 2.65. The maximum atomic E-state index is 13.2. The number of benzene rings is 2. The summed E-state index contributed by atoms with van der Waals surface area (Å²) < 4.78 is 13.2. The Hall–Kier alpha value is -1.54. The van der Waals surface area contributed by atoms with E-state index in [0.717, 1.165) is 16.7 Å². The number of nitrogens with two attached hydrogens (primary N) is 1. The van der Waals surface area contributed by atoms with Crippen molar-refractivity contribution in [3.8, 4) is 11.1 Å². The third-order valence-electron chi connectivity index (χ3n) is 2.51. The fraction of sp³-hybridized carbons (Fsp3) is 0.0769. The van der Waals surface area contributed by atoms with Crippen LogP contribution in [-0.4, -0.2) is 0 Å².